The average Bonchev–Trinajstić information content (AvgIpc) is 3.18. The maximum Gasteiger partial charge on any atom is 0.293 e. The normalized spacial score (nSPS) is 12.3. The molecular formula is C19H23N5O2S. The van der Waals surface area contributed by atoms with Gasteiger partial charge in [0.05, 0.1) is 28.3 Å². The smallest absolute Gasteiger partial charge is 0.293 e. The van der Waals surface area contributed by atoms with E-state index in [1.807, 2.05) is 30.5 Å². The average molecular weight is 385 g/mol. The zero-order chi connectivity index (χ0) is 19.6. The number of hydrogen-bond acceptors (Lipinski definition) is 5. The number of aromatic amines is 1. The van der Waals surface area contributed by atoms with Crippen molar-refractivity contribution in [3.05, 3.63) is 47.0 Å². The Bertz CT molecular complexity index is 958. The number of para-hydroxylation sites is 2. The van der Waals surface area contributed by atoms with Gasteiger partial charge < -0.3 is 10.3 Å². The van der Waals surface area contributed by atoms with E-state index < -0.39 is 11.7 Å². The molecule has 0 radical (unpaired) electrons. The van der Waals surface area contributed by atoms with Crippen molar-refractivity contribution in [1.82, 2.24) is 25.1 Å². The van der Waals surface area contributed by atoms with Gasteiger partial charge in [0.2, 0.25) is 0 Å². The van der Waals surface area contributed by atoms with Crippen LogP contribution in [0.25, 0.3) is 11.0 Å². The highest BCUT2D eigenvalue weighted by molar-refractivity contribution is 7.98. The minimum atomic E-state index is -0.638. The molecule has 0 fully saturated rings. The highest BCUT2D eigenvalue weighted by Crippen LogP contribution is 2.21. The van der Waals surface area contributed by atoms with E-state index in [2.05, 4.69) is 20.4 Å². The number of fused-ring (bicyclic) bond motifs is 1. The summed E-state index contributed by atoms with van der Waals surface area (Å²) >= 11 is 1.68. The largest absolute Gasteiger partial charge is 0.340 e. The van der Waals surface area contributed by atoms with Crippen molar-refractivity contribution in [2.24, 2.45) is 7.05 Å². The minimum Gasteiger partial charge on any atom is -0.340 e. The SMILES string of the molecule is CSCCC(NC(=O)C(=O)c1c(C)nn(C)c1C)c1nc2ccccc2[nH]1. The van der Waals surface area contributed by atoms with E-state index in [0.29, 0.717) is 29.2 Å². The molecular weight excluding hydrogens is 362 g/mol. The lowest BCUT2D eigenvalue weighted by Gasteiger charge is -2.16. The fourth-order valence-corrected chi connectivity index (χ4v) is 3.56. The zero-order valence-corrected chi connectivity index (χ0v) is 16.7. The molecule has 0 bridgehead atoms. The summed E-state index contributed by atoms with van der Waals surface area (Å²) in [7, 11) is 1.76. The van der Waals surface area contributed by atoms with Crippen LogP contribution in [0.2, 0.25) is 0 Å². The molecule has 0 aliphatic heterocycles. The topological polar surface area (TPSA) is 92.7 Å². The maximum absolute atomic E-state index is 12.7. The molecule has 0 aliphatic rings. The third kappa shape index (κ3) is 3.90. The maximum atomic E-state index is 12.7. The van der Waals surface area contributed by atoms with E-state index in [-0.39, 0.29) is 6.04 Å². The van der Waals surface area contributed by atoms with E-state index in [0.717, 1.165) is 16.8 Å². The number of hydrogen-bond donors (Lipinski definition) is 2. The van der Waals surface area contributed by atoms with Gasteiger partial charge in [-0.2, -0.15) is 16.9 Å². The fraction of sp³-hybridized carbons (Fsp3) is 0.368. The van der Waals surface area contributed by atoms with Crippen molar-refractivity contribution >= 4 is 34.5 Å². The van der Waals surface area contributed by atoms with E-state index in [4.69, 9.17) is 0 Å². The van der Waals surface area contributed by atoms with Crippen LogP contribution in [-0.2, 0) is 11.8 Å². The summed E-state index contributed by atoms with van der Waals surface area (Å²) in [6.45, 7) is 3.52. The molecule has 0 spiro atoms. The van der Waals surface area contributed by atoms with Crippen LogP contribution >= 0.6 is 11.8 Å². The standard InChI is InChI=1S/C19H23N5O2S/c1-11-16(12(2)24(3)23-11)17(25)19(26)22-15(9-10-27-4)18-20-13-7-5-6-8-14(13)21-18/h5-8,15H,9-10H2,1-4H3,(H,20,21)(H,22,26). The van der Waals surface area contributed by atoms with Crippen molar-refractivity contribution in [3.8, 4) is 0 Å². The number of benzene rings is 1. The number of carbonyl (C=O) groups is 2. The Labute approximate surface area is 161 Å². The van der Waals surface area contributed by atoms with Gasteiger partial charge in [0.25, 0.3) is 11.7 Å². The first-order chi connectivity index (χ1) is 12.9. The van der Waals surface area contributed by atoms with Crippen LogP contribution < -0.4 is 5.32 Å². The second-order valence-corrected chi connectivity index (χ2v) is 7.43. The van der Waals surface area contributed by atoms with Crippen molar-refractivity contribution in [1.29, 1.82) is 0 Å². The summed E-state index contributed by atoms with van der Waals surface area (Å²) in [5.41, 5.74) is 3.34. The first kappa shape index (κ1) is 19.2. The molecule has 8 heteroatoms. The zero-order valence-electron chi connectivity index (χ0n) is 15.9. The molecule has 142 valence electrons. The number of Topliss-reactive ketones (excluding diaryl/α,β-unsaturated/α-hetero) is 1. The lowest BCUT2D eigenvalue weighted by atomic mass is 10.1. The summed E-state index contributed by atoms with van der Waals surface area (Å²) in [6.07, 6.45) is 2.68. The second kappa shape index (κ2) is 7.96. The number of amides is 1. The van der Waals surface area contributed by atoms with Gasteiger partial charge in [-0.25, -0.2) is 4.98 Å². The van der Waals surface area contributed by atoms with Crippen LogP contribution in [0.15, 0.2) is 24.3 Å². The van der Waals surface area contributed by atoms with Crippen LogP contribution in [-0.4, -0.2) is 43.4 Å². The van der Waals surface area contributed by atoms with Gasteiger partial charge in [0.15, 0.2) is 0 Å². The lowest BCUT2D eigenvalue weighted by molar-refractivity contribution is -0.117. The number of nitrogens with one attached hydrogen (secondary N) is 2. The van der Waals surface area contributed by atoms with Crippen LogP contribution in [0.5, 0.6) is 0 Å². The summed E-state index contributed by atoms with van der Waals surface area (Å²) in [5.74, 6) is 0.288. The quantitative estimate of drug-likeness (QED) is 0.482. The van der Waals surface area contributed by atoms with Crippen LogP contribution in [0.3, 0.4) is 0 Å². The molecule has 0 saturated carbocycles. The first-order valence-electron chi connectivity index (χ1n) is 8.71. The second-order valence-electron chi connectivity index (χ2n) is 6.45. The number of rotatable bonds is 7. The Morgan fingerprint density at radius 2 is 2.04 bits per heavy atom. The Hall–Kier alpha value is -2.61. The third-order valence-electron chi connectivity index (χ3n) is 4.60. The summed E-state index contributed by atoms with van der Waals surface area (Å²) in [5, 5.41) is 7.08. The van der Waals surface area contributed by atoms with Gasteiger partial charge in [-0.15, -0.1) is 0 Å². The number of carbonyl (C=O) groups excluding carboxylic acids is 2. The molecule has 3 aromatic rings. The number of nitrogens with zero attached hydrogens (tertiary/aromatic N) is 3. The van der Waals surface area contributed by atoms with Gasteiger partial charge in [0, 0.05) is 12.7 Å². The molecule has 1 unspecified atom stereocenters. The summed E-state index contributed by atoms with van der Waals surface area (Å²) < 4.78 is 1.61. The number of aryl methyl sites for hydroxylation is 2. The van der Waals surface area contributed by atoms with Crippen LogP contribution in [0.4, 0.5) is 0 Å². The first-order valence-corrected chi connectivity index (χ1v) is 10.1. The Balaban J connectivity index is 1.85. The van der Waals surface area contributed by atoms with Crippen LogP contribution in [0.1, 0.15) is 40.0 Å². The van der Waals surface area contributed by atoms with Gasteiger partial charge in [-0.3, -0.25) is 14.3 Å². The summed E-state index contributed by atoms with van der Waals surface area (Å²) in [6, 6.07) is 7.33. The number of aromatic nitrogens is 4. The molecule has 1 atom stereocenters. The fourth-order valence-electron chi connectivity index (χ4n) is 3.09. The van der Waals surface area contributed by atoms with E-state index >= 15 is 0 Å². The van der Waals surface area contributed by atoms with Gasteiger partial charge in [-0.1, -0.05) is 12.1 Å². The Morgan fingerprint density at radius 1 is 1.30 bits per heavy atom. The highest BCUT2D eigenvalue weighted by atomic mass is 32.2. The monoisotopic (exact) mass is 385 g/mol. The van der Waals surface area contributed by atoms with Gasteiger partial charge in [0.1, 0.15) is 5.82 Å². The molecule has 1 aromatic carbocycles. The highest BCUT2D eigenvalue weighted by Gasteiger charge is 2.27. The molecule has 27 heavy (non-hydrogen) atoms. The molecule has 0 saturated heterocycles. The molecule has 2 heterocycles. The van der Waals surface area contributed by atoms with E-state index in [9.17, 15) is 9.59 Å². The minimum absolute atomic E-state index is 0.362. The molecule has 3 rings (SSSR count). The Kier molecular flexibility index (Phi) is 5.65. The Morgan fingerprint density at radius 3 is 2.67 bits per heavy atom. The lowest BCUT2D eigenvalue weighted by Crippen LogP contribution is -2.35. The molecule has 0 aliphatic carbocycles. The van der Waals surface area contributed by atoms with E-state index in [1.165, 1.54) is 0 Å². The van der Waals surface area contributed by atoms with Crippen LogP contribution in [0, 0.1) is 13.8 Å². The summed E-state index contributed by atoms with van der Waals surface area (Å²) in [4.78, 5) is 33.2. The number of ketones is 1. The number of imidazole rings is 1. The number of H-pyrrole nitrogens is 1. The van der Waals surface area contributed by atoms with Gasteiger partial charge >= 0.3 is 0 Å². The van der Waals surface area contributed by atoms with Crippen molar-refractivity contribution in [2.45, 2.75) is 26.3 Å². The molecule has 7 nitrogen and oxygen atoms in total. The van der Waals surface area contributed by atoms with Crippen molar-refractivity contribution < 1.29 is 9.59 Å². The molecule has 2 N–H and O–H groups in total. The third-order valence-corrected chi connectivity index (χ3v) is 5.24. The predicted octanol–water partition coefficient (Wildman–Crippen LogP) is 2.71. The number of thioether (sulfide) groups is 1. The van der Waals surface area contributed by atoms with Crippen molar-refractivity contribution in [3.63, 3.8) is 0 Å². The van der Waals surface area contributed by atoms with Gasteiger partial charge in [-0.05, 0) is 44.4 Å². The predicted molar refractivity (Wildman–Crippen MR) is 107 cm³/mol. The van der Waals surface area contributed by atoms with Crippen molar-refractivity contribution in [2.75, 3.05) is 12.0 Å². The molecule has 1 amide bonds. The molecule has 2 aromatic heterocycles. The van der Waals surface area contributed by atoms with E-state index in [1.54, 1.807) is 37.3 Å².